The van der Waals surface area contributed by atoms with Gasteiger partial charge in [0, 0.05) is 6.54 Å². The molecule has 0 fully saturated rings. The normalized spacial score (nSPS) is 11.3. The molecule has 1 aromatic heterocycles. The van der Waals surface area contributed by atoms with Gasteiger partial charge in [-0.15, -0.1) is 11.3 Å². The van der Waals surface area contributed by atoms with Crippen molar-refractivity contribution in [3.05, 3.63) is 17.5 Å². The predicted octanol–water partition coefficient (Wildman–Crippen LogP) is 1.97. The van der Waals surface area contributed by atoms with E-state index in [-0.39, 0.29) is 13.0 Å². The first-order valence-electron chi connectivity index (χ1n) is 5.27. The Bertz CT molecular complexity index is 453. The van der Waals surface area contributed by atoms with Crippen LogP contribution in [0, 0.1) is 11.3 Å². The molecular weight excluding hydrogens is 254 g/mol. The van der Waals surface area contributed by atoms with E-state index >= 15 is 0 Å². The average molecular weight is 267 g/mol. The second-order valence-corrected chi connectivity index (χ2v) is 4.47. The zero-order valence-electron chi connectivity index (χ0n) is 9.79. The molecule has 2 amide bonds. The van der Waals surface area contributed by atoms with Crippen molar-refractivity contribution in [1.29, 1.82) is 5.26 Å². The van der Waals surface area contributed by atoms with Crippen molar-refractivity contribution in [1.82, 2.24) is 4.90 Å². The number of hydrogen-bond donors (Lipinski definition) is 2. The zero-order chi connectivity index (χ0) is 13.5. The van der Waals surface area contributed by atoms with E-state index in [4.69, 9.17) is 10.4 Å². The van der Waals surface area contributed by atoms with E-state index in [1.54, 1.807) is 17.5 Å². The molecule has 1 heterocycles. The van der Waals surface area contributed by atoms with Gasteiger partial charge in [0.05, 0.1) is 17.5 Å². The lowest BCUT2D eigenvalue weighted by Gasteiger charge is -2.25. The van der Waals surface area contributed by atoms with Crippen molar-refractivity contribution in [3.63, 3.8) is 0 Å². The van der Waals surface area contributed by atoms with E-state index in [1.807, 2.05) is 6.07 Å². The molecule has 0 bridgehead atoms. The Morgan fingerprint density at radius 2 is 2.39 bits per heavy atom. The van der Waals surface area contributed by atoms with Crippen molar-refractivity contribution in [2.45, 2.75) is 19.4 Å². The van der Waals surface area contributed by atoms with Crippen molar-refractivity contribution >= 4 is 28.3 Å². The maximum atomic E-state index is 11.9. The molecule has 7 heteroatoms. The molecule has 96 valence electrons. The number of thiophene rings is 1. The number of amides is 2. The Morgan fingerprint density at radius 1 is 1.67 bits per heavy atom. The second-order valence-electron chi connectivity index (χ2n) is 3.52. The van der Waals surface area contributed by atoms with Crippen LogP contribution in [-0.2, 0) is 4.79 Å². The highest BCUT2D eigenvalue weighted by Gasteiger charge is 2.25. The van der Waals surface area contributed by atoms with E-state index in [0.717, 1.165) is 4.90 Å². The molecule has 1 unspecified atom stereocenters. The fraction of sp³-hybridized carbons (Fsp3) is 0.364. The second kappa shape index (κ2) is 6.61. The summed E-state index contributed by atoms with van der Waals surface area (Å²) >= 11 is 1.34. The Balaban J connectivity index is 2.72. The van der Waals surface area contributed by atoms with Gasteiger partial charge in [-0.2, -0.15) is 5.26 Å². The molecule has 0 aliphatic rings. The van der Waals surface area contributed by atoms with Crippen LogP contribution in [0.5, 0.6) is 0 Å². The number of carboxylic acids is 1. The fourth-order valence-electron chi connectivity index (χ4n) is 1.30. The molecule has 0 aliphatic heterocycles. The van der Waals surface area contributed by atoms with Crippen molar-refractivity contribution in [2.75, 3.05) is 11.9 Å². The summed E-state index contributed by atoms with van der Waals surface area (Å²) in [5.41, 5.74) is 0. The van der Waals surface area contributed by atoms with Crippen LogP contribution in [-0.4, -0.2) is 34.6 Å². The number of anilines is 1. The highest BCUT2D eigenvalue weighted by molar-refractivity contribution is 7.14. The summed E-state index contributed by atoms with van der Waals surface area (Å²) in [6.07, 6.45) is 0.0927. The summed E-state index contributed by atoms with van der Waals surface area (Å²) in [5.74, 6) is -1.10. The van der Waals surface area contributed by atoms with Gasteiger partial charge >= 0.3 is 12.0 Å². The first kappa shape index (κ1) is 14.0. The van der Waals surface area contributed by atoms with Gasteiger partial charge < -0.3 is 10.0 Å². The molecule has 1 aromatic rings. The molecule has 0 saturated heterocycles. The third kappa shape index (κ3) is 3.75. The van der Waals surface area contributed by atoms with Gasteiger partial charge in [-0.1, -0.05) is 0 Å². The largest absolute Gasteiger partial charge is 0.480 e. The number of hydrogen-bond acceptors (Lipinski definition) is 4. The summed E-state index contributed by atoms with van der Waals surface area (Å²) in [4.78, 5) is 24.0. The van der Waals surface area contributed by atoms with E-state index in [0.29, 0.717) is 5.00 Å². The summed E-state index contributed by atoms with van der Waals surface area (Å²) in [7, 11) is 0. The fourth-order valence-corrected chi connectivity index (χ4v) is 1.91. The number of nitrogens with zero attached hydrogens (tertiary/aromatic N) is 2. The number of urea groups is 1. The first-order valence-corrected chi connectivity index (χ1v) is 6.15. The molecule has 0 aromatic carbocycles. The lowest BCUT2D eigenvalue weighted by molar-refractivity contribution is -0.141. The number of carbonyl (C=O) groups excluding carboxylic acids is 1. The summed E-state index contributed by atoms with van der Waals surface area (Å²) in [6.45, 7) is 1.49. The predicted molar refractivity (Wildman–Crippen MR) is 67.4 cm³/mol. The highest BCUT2D eigenvalue weighted by atomic mass is 32.1. The molecule has 2 N–H and O–H groups in total. The Labute approximate surface area is 108 Å². The average Bonchev–Trinajstić information content (AvgIpc) is 2.81. The van der Waals surface area contributed by atoms with Gasteiger partial charge in [-0.25, -0.2) is 9.59 Å². The number of aliphatic carboxylic acids is 1. The van der Waals surface area contributed by atoms with Crippen molar-refractivity contribution < 1.29 is 14.7 Å². The third-order valence-electron chi connectivity index (χ3n) is 2.30. The SMILES string of the molecule is CC(C(=O)O)N(CCC#N)C(=O)Nc1cccs1. The monoisotopic (exact) mass is 267 g/mol. The molecule has 1 rings (SSSR count). The molecule has 6 nitrogen and oxygen atoms in total. The zero-order valence-corrected chi connectivity index (χ0v) is 10.6. The summed E-state index contributed by atoms with van der Waals surface area (Å²) in [5, 5.41) is 22.5. The van der Waals surface area contributed by atoms with Crippen molar-refractivity contribution in [2.24, 2.45) is 0 Å². The van der Waals surface area contributed by atoms with Gasteiger partial charge in [0.2, 0.25) is 0 Å². The van der Waals surface area contributed by atoms with Crippen LogP contribution in [0.15, 0.2) is 17.5 Å². The molecule has 1 atom stereocenters. The standard InChI is InChI=1S/C11H13N3O3S/c1-8(10(15)16)14(6-3-5-12)11(17)13-9-4-2-7-18-9/h2,4,7-8H,3,6H2,1H3,(H,13,17)(H,15,16). The topological polar surface area (TPSA) is 93.4 Å². The van der Waals surface area contributed by atoms with Crippen LogP contribution in [0.25, 0.3) is 0 Å². The van der Waals surface area contributed by atoms with Gasteiger partial charge in [0.1, 0.15) is 6.04 Å². The Hall–Kier alpha value is -2.07. The molecule has 0 radical (unpaired) electrons. The summed E-state index contributed by atoms with van der Waals surface area (Å²) < 4.78 is 0. The van der Waals surface area contributed by atoms with Crippen molar-refractivity contribution in [3.8, 4) is 6.07 Å². The minimum Gasteiger partial charge on any atom is -0.480 e. The molecule has 0 saturated carbocycles. The van der Waals surface area contributed by atoms with E-state index in [2.05, 4.69) is 5.32 Å². The van der Waals surface area contributed by atoms with Gasteiger partial charge in [0.15, 0.2) is 0 Å². The van der Waals surface area contributed by atoms with Gasteiger partial charge in [0.25, 0.3) is 0 Å². The molecule has 0 spiro atoms. The molecule has 18 heavy (non-hydrogen) atoms. The molecule has 0 aliphatic carbocycles. The van der Waals surface area contributed by atoms with Crippen LogP contribution in [0.1, 0.15) is 13.3 Å². The smallest absolute Gasteiger partial charge is 0.326 e. The summed E-state index contributed by atoms with van der Waals surface area (Å²) in [6, 6.07) is 3.91. The third-order valence-corrected chi connectivity index (χ3v) is 3.09. The minimum atomic E-state index is -1.10. The van der Waals surface area contributed by atoms with Gasteiger partial charge in [-0.3, -0.25) is 5.32 Å². The van der Waals surface area contributed by atoms with Crippen LogP contribution >= 0.6 is 11.3 Å². The number of nitriles is 1. The minimum absolute atomic E-state index is 0.0845. The van der Waals surface area contributed by atoms with Crippen LogP contribution < -0.4 is 5.32 Å². The van der Waals surface area contributed by atoms with E-state index in [1.165, 1.54) is 18.3 Å². The van der Waals surface area contributed by atoms with Gasteiger partial charge in [-0.05, 0) is 24.4 Å². The first-order chi connectivity index (χ1) is 8.56. The Morgan fingerprint density at radius 3 is 2.89 bits per heavy atom. The van der Waals surface area contributed by atoms with Crippen LogP contribution in [0.3, 0.4) is 0 Å². The number of nitrogens with one attached hydrogen (secondary N) is 1. The van der Waals surface area contributed by atoms with E-state index in [9.17, 15) is 9.59 Å². The quantitative estimate of drug-likeness (QED) is 0.852. The lowest BCUT2D eigenvalue weighted by Crippen LogP contribution is -2.45. The number of carbonyl (C=O) groups is 2. The van der Waals surface area contributed by atoms with E-state index < -0.39 is 18.0 Å². The molecular formula is C11H13N3O3S. The van der Waals surface area contributed by atoms with Crippen LogP contribution in [0.2, 0.25) is 0 Å². The number of rotatable bonds is 5. The lowest BCUT2D eigenvalue weighted by atomic mass is 10.3. The van der Waals surface area contributed by atoms with Crippen LogP contribution in [0.4, 0.5) is 9.80 Å². The highest BCUT2D eigenvalue weighted by Crippen LogP contribution is 2.16. The number of carboxylic acid groups (broad SMARTS) is 1. The Kier molecular flexibility index (Phi) is 5.14. The maximum absolute atomic E-state index is 11.9. The maximum Gasteiger partial charge on any atom is 0.326 e.